The van der Waals surface area contributed by atoms with E-state index in [1.54, 1.807) is 12.1 Å². The number of aliphatic hydroxyl groups excluding tert-OH is 1. The van der Waals surface area contributed by atoms with Crippen LogP contribution in [0.3, 0.4) is 0 Å². The molecule has 0 aromatic heterocycles. The highest BCUT2D eigenvalue weighted by Gasteiger charge is 2.37. The first-order chi connectivity index (χ1) is 10.2. The monoisotopic (exact) mass is 293 g/mol. The minimum atomic E-state index is -0.167. The van der Waals surface area contributed by atoms with E-state index >= 15 is 0 Å². The predicted molar refractivity (Wildman–Crippen MR) is 79.7 cm³/mol. The number of halogens is 1. The molecule has 0 spiro atoms. The highest BCUT2D eigenvalue weighted by Crippen LogP contribution is 2.38. The SMILES string of the molecule is OCCC1(CNC2CC(c3ccc(F)cc3)C2)CCOC1. The van der Waals surface area contributed by atoms with Crippen molar-refractivity contribution in [3.63, 3.8) is 0 Å². The summed E-state index contributed by atoms with van der Waals surface area (Å²) in [4.78, 5) is 0. The summed E-state index contributed by atoms with van der Waals surface area (Å²) in [5, 5.41) is 12.9. The lowest BCUT2D eigenvalue weighted by Gasteiger charge is -2.39. The second kappa shape index (κ2) is 6.42. The van der Waals surface area contributed by atoms with Gasteiger partial charge in [0, 0.05) is 31.2 Å². The minimum Gasteiger partial charge on any atom is -0.396 e. The fourth-order valence-electron chi connectivity index (χ4n) is 3.46. The molecular formula is C17H24FNO2. The van der Waals surface area contributed by atoms with Crippen LogP contribution < -0.4 is 5.32 Å². The van der Waals surface area contributed by atoms with E-state index in [-0.39, 0.29) is 17.8 Å². The molecule has 1 aromatic rings. The Labute approximate surface area is 125 Å². The molecule has 2 aliphatic rings. The van der Waals surface area contributed by atoms with Gasteiger partial charge in [0.05, 0.1) is 6.61 Å². The van der Waals surface area contributed by atoms with Gasteiger partial charge in [0.2, 0.25) is 0 Å². The van der Waals surface area contributed by atoms with Crippen LogP contribution in [0.5, 0.6) is 0 Å². The van der Waals surface area contributed by atoms with E-state index in [0.717, 1.165) is 45.4 Å². The van der Waals surface area contributed by atoms with E-state index in [0.29, 0.717) is 12.0 Å². The number of aliphatic hydroxyl groups is 1. The summed E-state index contributed by atoms with van der Waals surface area (Å²) in [6, 6.07) is 7.42. The number of benzene rings is 1. The molecule has 1 heterocycles. The van der Waals surface area contributed by atoms with Crippen LogP contribution in [0.2, 0.25) is 0 Å². The molecule has 1 aliphatic heterocycles. The average Bonchev–Trinajstić information content (AvgIpc) is 2.88. The van der Waals surface area contributed by atoms with Crippen LogP contribution in [0, 0.1) is 11.2 Å². The van der Waals surface area contributed by atoms with Gasteiger partial charge in [-0.25, -0.2) is 4.39 Å². The van der Waals surface area contributed by atoms with Gasteiger partial charge in [-0.15, -0.1) is 0 Å². The van der Waals surface area contributed by atoms with E-state index in [1.807, 2.05) is 12.1 Å². The molecule has 1 saturated carbocycles. The topological polar surface area (TPSA) is 41.5 Å². The molecule has 0 bridgehead atoms. The maximum Gasteiger partial charge on any atom is 0.123 e. The van der Waals surface area contributed by atoms with E-state index in [9.17, 15) is 9.50 Å². The molecule has 1 unspecified atom stereocenters. The summed E-state index contributed by atoms with van der Waals surface area (Å²) in [7, 11) is 0. The summed E-state index contributed by atoms with van der Waals surface area (Å²) >= 11 is 0. The number of ether oxygens (including phenoxy) is 1. The van der Waals surface area contributed by atoms with Crippen molar-refractivity contribution in [1.29, 1.82) is 0 Å². The molecule has 1 aliphatic carbocycles. The summed E-state index contributed by atoms with van der Waals surface area (Å²) < 4.78 is 18.4. The summed E-state index contributed by atoms with van der Waals surface area (Å²) in [5.41, 5.74) is 1.36. The molecule has 1 atom stereocenters. The molecule has 1 saturated heterocycles. The van der Waals surface area contributed by atoms with Gasteiger partial charge in [0.1, 0.15) is 5.82 Å². The second-order valence-corrected chi connectivity index (χ2v) is 6.57. The third-order valence-corrected chi connectivity index (χ3v) is 5.07. The van der Waals surface area contributed by atoms with Crippen LogP contribution in [0.4, 0.5) is 4.39 Å². The number of hydrogen-bond acceptors (Lipinski definition) is 3. The number of rotatable bonds is 6. The summed E-state index contributed by atoms with van der Waals surface area (Å²) in [5.74, 6) is 0.386. The van der Waals surface area contributed by atoms with Gasteiger partial charge in [-0.1, -0.05) is 12.1 Å². The van der Waals surface area contributed by atoms with Crippen molar-refractivity contribution in [2.24, 2.45) is 5.41 Å². The maximum atomic E-state index is 12.9. The van der Waals surface area contributed by atoms with Crippen LogP contribution in [-0.2, 0) is 4.74 Å². The van der Waals surface area contributed by atoms with Gasteiger partial charge in [-0.3, -0.25) is 0 Å². The molecule has 2 fully saturated rings. The Balaban J connectivity index is 1.45. The smallest absolute Gasteiger partial charge is 0.123 e. The fourth-order valence-corrected chi connectivity index (χ4v) is 3.46. The van der Waals surface area contributed by atoms with Gasteiger partial charge in [0.15, 0.2) is 0 Å². The zero-order chi connectivity index (χ0) is 14.7. The molecule has 0 amide bonds. The lowest BCUT2D eigenvalue weighted by molar-refractivity contribution is 0.116. The molecule has 116 valence electrons. The van der Waals surface area contributed by atoms with Crippen molar-refractivity contribution in [3.05, 3.63) is 35.6 Å². The minimum absolute atomic E-state index is 0.121. The Kier molecular flexibility index (Phi) is 4.57. The molecule has 21 heavy (non-hydrogen) atoms. The standard InChI is InChI=1S/C17H24FNO2/c18-15-3-1-13(2-4-15)14-9-16(10-14)19-11-17(5-7-20)6-8-21-12-17/h1-4,14,16,19-20H,5-12H2. The quantitative estimate of drug-likeness (QED) is 0.846. The fraction of sp³-hybridized carbons (Fsp3) is 0.647. The van der Waals surface area contributed by atoms with Gasteiger partial charge in [-0.05, 0) is 49.3 Å². The normalized spacial score (nSPS) is 32.1. The van der Waals surface area contributed by atoms with Crippen LogP contribution in [0.15, 0.2) is 24.3 Å². The highest BCUT2D eigenvalue weighted by atomic mass is 19.1. The average molecular weight is 293 g/mol. The Morgan fingerprint density at radius 1 is 1.29 bits per heavy atom. The van der Waals surface area contributed by atoms with Crippen molar-refractivity contribution in [3.8, 4) is 0 Å². The molecule has 3 nitrogen and oxygen atoms in total. The van der Waals surface area contributed by atoms with Crippen molar-refractivity contribution < 1.29 is 14.2 Å². The molecule has 3 rings (SSSR count). The van der Waals surface area contributed by atoms with Crippen molar-refractivity contribution in [2.75, 3.05) is 26.4 Å². The number of nitrogens with one attached hydrogen (secondary N) is 1. The summed E-state index contributed by atoms with van der Waals surface area (Å²) in [6.45, 7) is 2.72. The van der Waals surface area contributed by atoms with Crippen LogP contribution in [-0.4, -0.2) is 37.5 Å². The molecule has 2 N–H and O–H groups in total. The Morgan fingerprint density at radius 2 is 2.05 bits per heavy atom. The number of hydrogen-bond donors (Lipinski definition) is 2. The predicted octanol–water partition coefficient (Wildman–Crippen LogP) is 2.45. The first-order valence-electron chi connectivity index (χ1n) is 7.88. The van der Waals surface area contributed by atoms with E-state index in [4.69, 9.17) is 4.74 Å². The Bertz CT molecular complexity index is 450. The molecular weight excluding hydrogens is 269 g/mol. The molecule has 4 heteroatoms. The zero-order valence-corrected chi connectivity index (χ0v) is 12.4. The lowest BCUT2D eigenvalue weighted by Crippen LogP contribution is -2.46. The Hall–Kier alpha value is -0.970. The molecule has 0 radical (unpaired) electrons. The largest absolute Gasteiger partial charge is 0.396 e. The van der Waals surface area contributed by atoms with Crippen LogP contribution in [0.1, 0.15) is 37.2 Å². The zero-order valence-electron chi connectivity index (χ0n) is 12.4. The van der Waals surface area contributed by atoms with E-state index in [1.165, 1.54) is 5.56 Å². The Morgan fingerprint density at radius 3 is 2.67 bits per heavy atom. The summed E-state index contributed by atoms with van der Waals surface area (Å²) in [6.07, 6.45) is 4.08. The van der Waals surface area contributed by atoms with Crippen LogP contribution >= 0.6 is 0 Å². The van der Waals surface area contributed by atoms with Crippen molar-refractivity contribution in [1.82, 2.24) is 5.32 Å². The first-order valence-corrected chi connectivity index (χ1v) is 7.88. The second-order valence-electron chi connectivity index (χ2n) is 6.57. The highest BCUT2D eigenvalue weighted by molar-refractivity contribution is 5.23. The third-order valence-electron chi connectivity index (χ3n) is 5.07. The first kappa shape index (κ1) is 14.9. The lowest BCUT2D eigenvalue weighted by atomic mass is 9.75. The molecule has 1 aromatic carbocycles. The van der Waals surface area contributed by atoms with Gasteiger partial charge >= 0.3 is 0 Å². The van der Waals surface area contributed by atoms with Crippen molar-refractivity contribution in [2.45, 2.75) is 37.6 Å². The van der Waals surface area contributed by atoms with Gasteiger partial charge in [0.25, 0.3) is 0 Å². The maximum absolute atomic E-state index is 12.9. The van der Waals surface area contributed by atoms with E-state index in [2.05, 4.69) is 5.32 Å². The van der Waals surface area contributed by atoms with Crippen molar-refractivity contribution >= 4 is 0 Å². The van der Waals surface area contributed by atoms with E-state index < -0.39 is 0 Å². The van der Waals surface area contributed by atoms with Gasteiger partial charge in [-0.2, -0.15) is 0 Å². The third kappa shape index (κ3) is 3.44. The van der Waals surface area contributed by atoms with Crippen LogP contribution in [0.25, 0.3) is 0 Å². The van der Waals surface area contributed by atoms with Gasteiger partial charge < -0.3 is 15.2 Å².